The highest BCUT2D eigenvalue weighted by Crippen LogP contribution is 2.43. The lowest BCUT2D eigenvalue weighted by molar-refractivity contribution is -0.120. The summed E-state index contributed by atoms with van der Waals surface area (Å²) in [6.45, 7) is 18.0. The molecule has 106 valence electrons. The van der Waals surface area contributed by atoms with Crippen LogP contribution in [0.25, 0.3) is 0 Å². The Balaban J connectivity index is 3.02. The second kappa shape index (κ2) is 4.30. The van der Waals surface area contributed by atoms with Gasteiger partial charge in [0.25, 0.3) is 0 Å². The molecule has 0 aromatic carbocycles. The topological polar surface area (TPSA) is 48.2 Å². The Kier molecular flexibility index (Phi) is 3.74. The van der Waals surface area contributed by atoms with Crippen molar-refractivity contribution >= 4 is 8.07 Å². The van der Waals surface area contributed by atoms with Crippen molar-refractivity contribution in [2.24, 2.45) is 15.8 Å². The minimum Gasteiger partial charge on any atom is -0.367 e. The van der Waals surface area contributed by atoms with Crippen LogP contribution in [0.3, 0.4) is 0 Å². The van der Waals surface area contributed by atoms with Crippen molar-refractivity contribution in [3.05, 3.63) is 0 Å². The van der Waals surface area contributed by atoms with Crippen molar-refractivity contribution in [3.8, 4) is 0 Å². The molecular weight excluding hydrogens is 242 g/mol. The monoisotopic (exact) mass is 271 g/mol. The lowest BCUT2D eigenvalue weighted by Crippen LogP contribution is -2.59. The SMILES string of the molecule is CC(C)(C)CN1N=NC(C)(C)[C@@]1(O)C[Si](C)(C)C. The Labute approximate surface area is 112 Å². The van der Waals surface area contributed by atoms with E-state index in [2.05, 4.69) is 50.7 Å². The Hall–Kier alpha value is -0.423. The van der Waals surface area contributed by atoms with Gasteiger partial charge in [-0.15, -0.1) is 0 Å². The van der Waals surface area contributed by atoms with Crippen LogP contribution < -0.4 is 0 Å². The summed E-state index contributed by atoms with van der Waals surface area (Å²) in [5.74, 6) is 0. The molecule has 0 radical (unpaired) electrons. The Morgan fingerprint density at radius 3 is 2.06 bits per heavy atom. The van der Waals surface area contributed by atoms with Crippen molar-refractivity contribution in [1.29, 1.82) is 0 Å². The van der Waals surface area contributed by atoms with Crippen LogP contribution in [-0.4, -0.2) is 36.0 Å². The van der Waals surface area contributed by atoms with E-state index in [1.54, 1.807) is 0 Å². The largest absolute Gasteiger partial charge is 0.367 e. The predicted molar refractivity (Wildman–Crippen MR) is 78.2 cm³/mol. The predicted octanol–water partition coefficient (Wildman–Crippen LogP) is 3.52. The molecule has 0 aromatic rings. The highest BCUT2D eigenvalue weighted by atomic mass is 28.3. The van der Waals surface area contributed by atoms with E-state index in [4.69, 9.17) is 0 Å². The summed E-state index contributed by atoms with van der Waals surface area (Å²) in [7, 11) is -1.41. The average molecular weight is 271 g/mol. The molecule has 0 saturated heterocycles. The molecule has 1 rings (SSSR count). The first-order chi connectivity index (χ1) is 7.77. The molecule has 0 bridgehead atoms. The number of nitrogens with zero attached hydrogens (tertiary/aromatic N) is 3. The summed E-state index contributed by atoms with van der Waals surface area (Å²) in [4.78, 5) is 0. The maximum absolute atomic E-state index is 11.2. The summed E-state index contributed by atoms with van der Waals surface area (Å²) in [5, 5.41) is 21.5. The van der Waals surface area contributed by atoms with Gasteiger partial charge in [-0.25, -0.2) is 5.01 Å². The zero-order valence-electron chi connectivity index (χ0n) is 13.2. The van der Waals surface area contributed by atoms with E-state index in [0.717, 1.165) is 12.6 Å². The highest BCUT2D eigenvalue weighted by Gasteiger charge is 2.55. The summed E-state index contributed by atoms with van der Waals surface area (Å²) >= 11 is 0. The van der Waals surface area contributed by atoms with E-state index in [9.17, 15) is 5.11 Å². The van der Waals surface area contributed by atoms with Crippen LogP contribution >= 0.6 is 0 Å². The second-order valence-corrected chi connectivity index (χ2v) is 13.9. The van der Waals surface area contributed by atoms with Gasteiger partial charge in [0.1, 0.15) is 5.54 Å². The Morgan fingerprint density at radius 2 is 1.67 bits per heavy atom. The molecule has 0 aliphatic carbocycles. The molecular formula is C13H29N3OSi. The minimum atomic E-state index is -1.41. The average Bonchev–Trinajstić information content (AvgIpc) is 2.23. The Morgan fingerprint density at radius 1 is 1.17 bits per heavy atom. The molecule has 5 heteroatoms. The molecule has 1 aliphatic rings. The molecule has 0 spiro atoms. The lowest BCUT2D eigenvalue weighted by atomic mass is 9.90. The first-order valence-corrected chi connectivity index (χ1v) is 10.4. The summed E-state index contributed by atoms with van der Waals surface area (Å²) in [6.07, 6.45) is 0. The van der Waals surface area contributed by atoms with Gasteiger partial charge in [0.15, 0.2) is 5.72 Å². The second-order valence-electron chi connectivity index (χ2n) is 8.42. The molecule has 1 atom stereocenters. The molecule has 18 heavy (non-hydrogen) atoms. The van der Waals surface area contributed by atoms with Crippen LogP contribution in [-0.2, 0) is 0 Å². The zero-order chi connectivity index (χ0) is 14.4. The standard InChI is InChI=1S/C13H29N3OSi/c1-11(2,3)9-16-13(17,10-18(6,7)8)12(4,5)14-15-16/h17H,9-10H2,1-8H3/t13-/m0/s1. The number of rotatable bonds is 3. The first kappa shape index (κ1) is 15.6. The van der Waals surface area contributed by atoms with E-state index in [1.807, 2.05) is 18.9 Å². The zero-order valence-corrected chi connectivity index (χ0v) is 14.2. The molecule has 0 amide bonds. The number of hydrogen-bond donors (Lipinski definition) is 1. The first-order valence-electron chi connectivity index (χ1n) is 6.70. The molecule has 4 nitrogen and oxygen atoms in total. The van der Waals surface area contributed by atoms with Gasteiger partial charge >= 0.3 is 0 Å². The highest BCUT2D eigenvalue weighted by molar-refractivity contribution is 6.76. The van der Waals surface area contributed by atoms with Gasteiger partial charge in [-0.1, -0.05) is 45.6 Å². The van der Waals surface area contributed by atoms with Crippen molar-refractivity contribution < 1.29 is 5.11 Å². The van der Waals surface area contributed by atoms with Gasteiger partial charge in [0.2, 0.25) is 0 Å². The third kappa shape index (κ3) is 3.32. The third-order valence-corrected chi connectivity index (χ3v) is 4.76. The molecule has 1 aliphatic heterocycles. The molecule has 1 N–H and O–H groups in total. The van der Waals surface area contributed by atoms with Crippen LogP contribution in [0.2, 0.25) is 25.7 Å². The van der Waals surface area contributed by atoms with Crippen LogP contribution in [0.15, 0.2) is 10.3 Å². The summed E-state index contributed by atoms with van der Waals surface area (Å²) < 4.78 is 0. The van der Waals surface area contributed by atoms with E-state index in [0.29, 0.717) is 0 Å². The van der Waals surface area contributed by atoms with Crippen LogP contribution in [0, 0.1) is 5.41 Å². The maximum atomic E-state index is 11.2. The van der Waals surface area contributed by atoms with Crippen LogP contribution in [0.1, 0.15) is 34.6 Å². The van der Waals surface area contributed by atoms with Gasteiger partial charge in [0.05, 0.1) is 0 Å². The lowest BCUT2D eigenvalue weighted by Gasteiger charge is -2.44. The van der Waals surface area contributed by atoms with Gasteiger partial charge in [-0.05, 0) is 25.3 Å². The summed E-state index contributed by atoms with van der Waals surface area (Å²) in [5.41, 5.74) is -1.38. The van der Waals surface area contributed by atoms with E-state index in [-0.39, 0.29) is 5.41 Å². The van der Waals surface area contributed by atoms with Gasteiger partial charge < -0.3 is 5.11 Å². The summed E-state index contributed by atoms with van der Waals surface area (Å²) in [6, 6.07) is 0.788. The molecule has 0 fully saturated rings. The molecule has 0 aromatic heterocycles. The number of hydrogen-bond acceptors (Lipinski definition) is 4. The fourth-order valence-corrected chi connectivity index (χ4v) is 4.39. The van der Waals surface area contributed by atoms with Crippen molar-refractivity contribution in [1.82, 2.24) is 5.01 Å². The van der Waals surface area contributed by atoms with Crippen molar-refractivity contribution in [3.63, 3.8) is 0 Å². The van der Waals surface area contributed by atoms with Gasteiger partial charge in [-0.2, -0.15) is 5.11 Å². The maximum Gasteiger partial charge on any atom is 0.179 e. The molecule has 0 saturated carbocycles. The smallest absolute Gasteiger partial charge is 0.179 e. The van der Waals surface area contributed by atoms with E-state index < -0.39 is 19.3 Å². The Bertz CT molecular complexity index is 341. The fraction of sp³-hybridized carbons (Fsp3) is 1.00. The normalized spacial score (nSPS) is 27.9. The quantitative estimate of drug-likeness (QED) is 0.798. The van der Waals surface area contributed by atoms with Crippen LogP contribution in [0.4, 0.5) is 0 Å². The van der Waals surface area contributed by atoms with Crippen molar-refractivity contribution in [2.75, 3.05) is 6.54 Å². The van der Waals surface area contributed by atoms with E-state index in [1.165, 1.54) is 0 Å². The molecule has 0 unspecified atom stereocenters. The number of aliphatic hydroxyl groups is 1. The third-order valence-electron chi connectivity index (χ3n) is 3.21. The van der Waals surface area contributed by atoms with Crippen molar-refractivity contribution in [2.45, 2.75) is 71.6 Å². The van der Waals surface area contributed by atoms with Gasteiger partial charge in [0, 0.05) is 14.6 Å². The molecule has 1 heterocycles. The fourth-order valence-electron chi connectivity index (χ4n) is 2.29. The van der Waals surface area contributed by atoms with E-state index >= 15 is 0 Å². The minimum absolute atomic E-state index is 0.0901. The van der Waals surface area contributed by atoms with Crippen LogP contribution in [0.5, 0.6) is 0 Å². The van der Waals surface area contributed by atoms with Gasteiger partial charge in [-0.3, -0.25) is 0 Å².